The fourth-order valence-electron chi connectivity index (χ4n) is 2.38. The zero-order chi connectivity index (χ0) is 13.3. The average molecular weight is 267 g/mol. The smallest absolute Gasteiger partial charge is 0.326 e. The second-order valence-corrected chi connectivity index (χ2v) is 5.80. The molecule has 1 amide bonds. The molecule has 98 valence electrons. The summed E-state index contributed by atoms with van der Waals surface area (Å²) in [5.74, 6) is -1.03. The van der Waals surface area contributed by atoms with E-state index in [4.69, 9.17) is 5.11 Å². The fraction of sp³-hybridized carbons (Fsp3) is 0.538. The van der Waals surface area contributed by atoms with Crippen molar-refractivity contribution in [2.45, 2.75) is 39.2 Å². The van der Waals surface area contributed by atoms with E-state index in [-0.39, 0.29) is 5.91 Å². The molecule has 0 aromatic carbocycles. The Morgan fingerprint density at radius 1 is 1.56 bits per heavy atom. The van der Waals surface area contributed by atoms with Gasteiger partial charge in [0.25, 0.3) is 5.91 Å². The lowest BCUT2D eigenvalue weighted by atomic mass is 10.2. The summed E-state index contributed by atoms with van der Waals surface area (Å²) >= 11 is 1.46. The monoisotopic (exact) mass is 267 g/mol. The molecule has 2 heterocycles. The van der Waals surface area contributed by atoms with Gasteiger partial charge in [0, 0.05) is 11.4 Å². The molecule has 0 unspecified atom stereocenters. The maximum Gasteiger partial charge on any atom is 0.326 e. The Morgan fingerprint density at radius 2 is 2.28 bits per heavy atom. The van der Waals surface area contributed by atoms with Crippen molar-refractivity contribution in [1.29, 1.82) is 0 Å². The van der Waals surface area contributed by atoms with E-state index in [0.717, 1.165) is 17.7 Å². The zero-order valence-corrected chi connectivity index (χ0v) is 11.4. The molecule has 1 fully saturated rings. The molecule has 18 heavy (non-hydrogen) atoms. The number of carboxylic acid groups (broad SMARTS) is 1. The summed E-state index contributed by atoms with van der Waals surface area (Å²) in [6.07, 6.45) is 2.23. The molecule has 1 aromatic rings. The lowest BCUT2D eigenvalue weighted by Crippen LogP contribution is -2.40. The molecule has 0 aliphatic carbocycles. The van der Waals surface area contributed by atoms with Crippen LogP contribution in [-0.4, -0.2) is 34.5 Å². The van der Waals surface area contributed by atoms with Crippen LogP contribution in [0.4, 0.5) is 0 Å². The Bertz CT molecular complexity index is 481. The highest BCUT2D eigenvalue weighted by Gasteiger charge is 2.35. The summed E-state index contributed by atoms with van der Waals surface area (Å²) in [7, 11) is 0. The summed E-state index contributed by atoms with van der Waals surface area (Å²) in [5, 5.41) is 9.09. The lowest BCUT2D eigenvalue weighted by Gasteiger charge is -2.20. The van der Waals surface area contributed by atoms with Crippen LogP contribution in [-0.2, 0) is 11.2 Å². The molecular formula is C13H17NO3S. The number of aliphatic carboxylic acids is 1. The summed E-state index contributed by atoms with van der Waals surface area (Å²) in [4.78, 5) is 26.7. The van der Waals surface area contributed by atoms with Gasteiger partial charge < -0.3 is 10.0 Å². The van der Waals surface area contributed by atoms with Crippen LogP contribution >= 0.6 is 11.3 Å². The fourth-order valence-corrected chi connectivity index (χ4v) is 3.45. The first-order valence-corrected chi connectivity index (χ1v) is 6.99. The van der Waals surface area contributed by atoms with E-state index >= 15 is 0 Å². The Hall–Kier alpha value is -1.36. The summed E-state index contributed by atoms with van der Waals surface area (Å²) < 4.78 is 0. The first-order chi connectivity index (χ1) is 8.54. The first kappa shape index (κ1) is 13.1. The van der Waals surface area contributed by atoms with Gasteiger partial charge in [-0.3, -0.25) is 4.79 Å². The maximum absolute atomic E-state index is 12.3. The van der Waals surface area contributed by atoms with Crippen LogP contribution in [0.1, 0.15) is 39.9 Å². The predicted molar refractivity (Wildman–Crippen MR) is 70.1 cm³/mol. The van der Waals surface area contributed by atoms with Crippen molar-refractivity contribution < 1.29 is 14.7 Å². The average Bonchev–Trinajstić information content (AvgIpc) is 2.93. The van der Waals surface area contributed by atoms with Crippen LogP contribution in [0.5, 0.6) is 0 Å². The molecule has 4 nitrogen and oxygen atoms in total. The van der Waals surface area contributed by atoms with E-state index in [9.17, 15) is 9.59 Å². The molecule has 0 spiro atoms. The molecule has 1 aliphatic heterocycles. The van der Waals surface area contributed by atoms with E-state index in [2.05, 4.69) is 6.92 Å². The molecule has 1 saturated heterocycles. The van der Waals surface area contributed by atoms with Crippen molar-refractivity contribution in [3.05, 3.63) is 21.4 Å². The SMILES string of the molecule is CCc1cc(C(=O)N2CCC[C@H]2C(=O)O)sc1C. The molecular weight excluding hydrogens is 250 g/mol. The van der Waals surface area contributed by atoms with Gasteiger partial charge in [0.15, 0.2) is 0 Å². The third-order valence-electron chi connectivity index (χ3n) is 3.41. The van der Waals surface area contributed by atoms with Gasteiger partial charge in [0.1, 0.15) is 6.04 Å². The van der Waals surface area contributed by atoms with E-state index < -0.39 is 12.0 Å². The molecule has 0 saturated carbocycles. The second-order valence-electron chi connectivity index (χ2n) is 4.54. The van der Waals surface area contributed by atoms with Crippen molar-refractivity contribution in [3.8, 4) is 0 Å². The minimum absolute atomic E-state index is 0.132. The molecule has 1 aliphatic rings. The maximum atomic E-state index is 12.3. The van der Waals surface area contributed by atoms with E-state index in [1.54, 1.807) is 0 Å². The van der Waals surface area contributed by atoms with Gasteiger partial charge in [0.2, 0.25) is 0 Å². The number of carbonyl (C=O) groups excluding carboxylic acids is 1. The number of thiophene rings is 1. The minimum atomic E-state index is -0.898. The van der Waals surface area contributed by atoms with Crippen LogP contribution in [0.15, 0.2) is 6.07 Å². The third-order valence-corrected chi connectivity index (χ3v) is 4.49. The summed E-state index contributed by atoms with van der Waals surface area (Å²) in [6.45, 7) is 4.60. The van der Waals surface area contributed by atoms with Crippen molar-refractivity contribution in [2.75, 3.05) is 6.54 Å². The summed E-state index contributed by atoms with van der Waals surface area (Å²) in [6, 6.07) is 1.25. The van der Waals surface area contributed by atoms with E-state index in [1.807, 2.05) is 13.0 Å². The second kappa shape index (κ2) is 5.10. The Kier molecular flexibility index (Phi) is 3.71. The number of hydrogen-bond donors (Lipinski definition) is 1. The van der Waals surface area contributed by atoms with Gasteiger partial charge in [-0.05, 0) is 37.8 Å². The number of aryl methyl sites for hydroxylation is 2. The zero-order valence-electron chi connectivity index (χ0n) is 10.6. The van der Waals surface area contributed by atoms with Gasteiger partial charge in [-0.15, -0.1) is 11.3 Å². The lowest BCUT2D eigenvalue weighted by molar-refractivity contribution is -0.141. The van der Waals surface area contributed by atoms with Gasteiger partial charge in [-0.1, -0.05) is 6.92 Å². The predicted octanol–water partition coefficient (Wildman–Crippen LogP) is 2.31. The largest absolute Gasteiger partial charge is 0.480 e. The normalized spacial score (nSPS) is 19.2. The van der Waals surface area contributed by atoms with Crippen LogP contribution in [0.2, 0.25) is 0 Å². The number of carboxylic acids is 1. The molecule has 1 atom stereocenters. The Labute approximate surface area is 110 Å². The number of nitrogens with zero attached hydrogens (tertiary/aromatic N) is 1. The number of carbonyl (C=O) groups is 2. The number of amides is 1. The molecule has 1 aromatic heterocycles. The molecule has 0 bridgehead atoms. The van der Waals surface area contributed by atoms with Gasteiger partial charge in [0.05, 0.1) is 4.88 Å². The standard InChI is InChI=1S/C13H17NO3S/c1-3-9-7-11(18-8(9)2)12(15)14-6-4-5-10(14)13(16)17/h7,10H,3-6H2,1-2H3,(H,16,17)/t10-/m0/s1. The van der Waals surface area contributed by atoms with Crippen LogP contribution < -0.4 is 0 Å². The topological polar surface area (TPSA) is 57.6 Å². The molecule has 0 radical (unpaired) electrons. The molecule has 2 rings (SSSR count). The van der Waals surface area contributed by atoms with Crippen LogP contribution in [0.3, 0.4) is 0 Å². The molecule has 5 heteroatoms. The van der Waals surface area contributed by atoms with Crippen molar-refractivity contribution in [1.82, 2.24) is 4.90 Å². The number of rotatable bonds is 3. The Balaban J connectivity index is 2.22. The number of hydrogen-bond acceptors (Lipinski definition) is 3. The van der Waals surface area contributed by atoms with Gasteiger partial charge in [-0.25, -0.2) is 4.79 Å². The van der Waals surface area contributed by atoms with Crippen molar-refractivity contribution in [2.24, 2.45) is 0 Å². The summed E-state index contributed by atoms with van der Waals surface area (Å²) in [5.41, 5.74) is 1.18. The van der Waals surface area contributed by atoms with E-state index in [0.29, 0.717) is 17.8 Å². The highest BCUT2D eigenvalue weighted by Crippen LogP contribution is 2.26. The Morgan fingerprint density at radius 3 is 2.83 bits per heavy atom. The highest BCUT2D eigenvalue weighted by atomic mass is 32.1. The number of likely N-dealkylation sites (tertiary alicyclic amines) is 1. The van der Waals surface area contributed by atoms with Gasteiger partial charge >= 0.3 is 5.97 Å². The van der Waals surface area contributed by atoms with E-state index in [1.165, 1.54) is 21.8 Å². The van der Waals surface area contributed by atoms with Crippen molar-refractivity contribution in [3.63, 3.8) is 0 Å². The third kappa shape index (κ3) is 2.27. The highest BCUT2D eigenvalue weighted by molar-refractivity contribution is 7.14. The first-order valence-electron chi connectivity index (χ1n) is 6.17. The quantitative estimate of drug-likeness (QED) is 0.914. The minimum Gasteiger partial charge on any atom is -0.480 e. The van der Waals surface area contributed by atoms with Gasteiger partial charge in [-0.2, -0.15) is 0 Å². The van der Waals surface area contributed by atoms with Crippen molar-refractivity contribution >= 4 is 23.2 Å². The molecule has 1 N–H and O–H groups in total. The van der Waals surface area contributed by atoms with Crippen LogP contribution in [0.25, 0.3) is 0 Å². The van der Waals surface area contributed by atoms with Crippen LogP contribution in [0, 0.1) is 6.92 Å².